The zero-order chi connectivity index (χ0) is 15.6. The highest BCUT2D eigenvalue weighted by molar-refractivity contribution is 5.67. The molecule has 2 atom stereocenters. The Morgan fingerprint density at radius 2 is 2.00 bits per heavy atom. The number of benzene rings is 1. The average molecular weight is 291 g/mol. The first kappa shape index (κ1) is 16.0. The van der Waals surface area contributed by atoms with Crippen LogP contribution in [0.4, 0.5) is 0 Å². The predicted octanol–water partition coefficient (Wildman–Crippen LogP) is 2.85. The maximum absolute atomic E-state index is 11.1. The van der Waals surface area contributed by atoms with Crippen LogP contribution in [0.25, 0.3) is 0 Å². The highest BCUT2D eigenvalue weighted by atomic mass is 16.5. The smallest absolute Gasteiger partial charge is 0.305 e. The monoisotopic (exact) mass is 291 g/mol. The molecule has 0 amide bonds. The Morgan fingerprint density at radius 1 is 1.38 bits per heavy atom. The number of carbonyl (C=O) groups is 1. The van der Waals surface area contributed by atoms with E-state index in [2.05, 4.69) is 44.7 Å². The van der Waals surface area contributed by atoms with E-state index >= 15 is 0 Å². The third-order valence-electron chi connectivity index (χ3n) is 4.34. The molecule has 0 aromatic heterocycles. The first-order chi connectivity index (χ1) is 9.90. The quantitative estimate of drug-likeness (QED) is 0.926. The summed E-state index contributed by atoms with van der Waals surface area (Å²) in [6, 6.07) is 4.56. The minimum absolute atomic E-state index is 0.0497. The van der Waals surface area contributed by atoms with E-state index in [-0.39, 0.29) is 18.5 Å². The standard InChI is InChI=1S/C17H25NO3/c1-11-7-12(2)17(13(3)8-11)14(4)18-5-6-21-10-15(18)9-16(19)20/h7-8,14-15H,5-6,9-10H2,1-4H3,(H,19,20). The topological polar surface area (TPSA) is 49.8 Å². The zero-order valence-electron chi connectivity index (χ0n) is 13.3. The average Bonchev–Trinajstić information content (AvgIpc) is 2.37. The van der Waals surface area contributed by atoms with Gasteiger partial charge in [0.1, 0.15) is 0 Å². The fourth-order valence-corrected chi connectivity index (χ4v) is 3.57. The molecule has 1 fully saturated rings. The predicted molar refractivity (Wildman–Crippen MR) is 82.6 cm³/mol. The Bertz CT molecular complexity index is 504. The lowest BCUT2D eigenvalue weighted by Gasteiger charge is -2.40. The molecule has 2 unspecified atom stereocenters. The molecule has 21 heavy (non-hydrogen) atoms. The molecule has 0 saturated carbocycles. The van der Waals surface area contributed by atoms with Gasteiger partial charge < -0.3 is 9.84 Å². The molecule has 0 aliphatic carbocycles. The second-order valence-electron chi connectivity index (χ2n) is 6.05. The van der Waals surface area contributed by atoms with Gasteiger partial charge in [-0.3, -0.25) is 9.69 Å². The summed E-state index contributed by atoms with van der Waals surface area (Å²) in [6.45, 7) is 10.5. The molecule has 1 aliphatic heterocycles. The molecule has 0 bridgehead atoms. The SMILES string of the molecule is Cc1cc(C)c(C(C)N2CCOCC2CC(=O)O)c(C)c1. The van der Waals surface area contributed by atoms with E-state index in [1.54, 1.807) is 0 Å². The Labute approximate surface area is 126 Å². The number of hydrogen-bond donors (Lipinski definition) is 1. The molecule has 0 spiro atoms. The molecule has 1 heterocycles. The van der Waals surface area contributed by atoms with Crippen LogP contribution in [-0.2, 0) is 9.53 Å². The van der Waals surface area contributed by atoms with Crippen molar-refractivity contribution in [3.8, 4) is 0 Å². The molecule has 4 heteroatoms. The lowest BCUT2D eigenvalue weighted by Crippen LogP contribution is -2.47. The van der Waals surface area contributed by atoms with Crippen LogP contribution < -0.4 is 0 Å². The van der Waals surface area contributed by atoms with Gasteiger partial charge in [0, 0.05) is 18.6 Å². The van der Waals surface area contributed by atoms with Crippen molar-refractivity contribution in [3.63, 3.8) is 0 Å². The van der Waals surface area contributed by atoms with Gasteiger partial charge in [-0.05, 0) is 44.4 Å². The van der Waals surface area contributed by atoms with Crippen molar-refractivity contribution < 1.29 is 14.6 Å². The molecule has 4 nitrogen and oxygen atoms in total. The van der Waals surface area contributed by atoms with E-state index in [9.17, 15) is 4.79 Å². The maximum atomic E-state index is 11.1. The van der Waals surface area contributed by atoms with Gasteiger partial charge in [0.25, 0.3) is 0 Å². The van der Waals surface area contributed by atoms with Crippen LogP contribution in [0, 0.1) is 20.8 Å². The number of carboxylic acid groups (broad SMARTS) is 1. The highest BCUT2D eigenvalue weighted by Gasteiger charge is 2.30. The van der Waals surface area contributed by atoms with Crippen molar-refractivity contribution >= 4 is 5.97 Å². The molecule has 1 aromatic carbocycles. The fraction of sp³-hybridized carbons (Fsp3) is 0.588. The summed E-state index contributed by atoms with van der Waals surface area (Å²) in [5.41, 5.74) is 5.14. The lowest BCUT2D eigenvalue weighted by atomic mass is 9.92. The molecular weight excluding hydrogens is 266 g/mol. The second kappa shape index (κ2) is 6.58. The first-order valence-corrected chi connectivity index (χ1v) is 7.53. The number of morpholine rings is 1. The summed E-state index contributed by atoms with van der Waals surface area (Å²) in [6.07, 6.45) is 0.133. The minimum atomic E-state index is -0.764. The number of carboxylic acids is 1. The lowest BCUT2D eigenvalue weighted by molar-refractivity contribution is -0.140. The number of aliphatic carboxylic acids is 1. The van der Waals surface area contributed by atoms with Gasteiger partial charge in [0.05, 0.1) is 19.6 Å². The van der Waals surface area contributed by atoms with E-state index in [4.69, 9.17) is 9.84 Å². The fourth-order valence-electron chi connectivity index (χ4n) is 3.57. The highest BCUT2D eigenvalue weighted by Crippen LogP contribution is 2.31. The van der Waals surface area contributed by atoms with Crippen LogP contribution in [-0.4, -0.2) is 41.8 Å². The summed E-state index contributed by atoms with van der Waals surface area (Å²) >= 11 is 0. The van der Waals surface area contributed by atoms with Crippen LogP contribution in [0.5, 0.6) is 0 Å². The van der Waals surface area contributed by atoms with Crippen LogP contribution >= 0.6 is 0 Å². The second-order valence-corrected chi connectivity index (χ2v) is 6.05. The van der Waals surface area contributed by atoms with E-state index in [0.29, 0.717) is 13.2 Å². The van der Waals surface area contributed by atoms with E-state index in [1.165, 1.54) is 22.3 Å². The molecular formula is C17H25NO3. The Kier molecular flexibility index (Phi) is 5.01. The van der Waals surface area contributed by atoms with Crippen LogP contribution in [0.3, 0.4) is 0 Å². The molecule has 1 aromatic rings. The number of ether oxygens (including phenoxy) is 1. The van der Waals surface area contributed by atoms with Crippen LogP contribution in [0.15, 0.2) is 12.1 Å². The van der Waals surface area contributed by atoms with E-state index in [1.807, 2.05) is 0 Å². The Morgan fingerprint density at radius 3 is 2.57 bits per heavy atom. The number of hydrogen-bond acceptors (Lipinski definition) is 3. The van der Waals surface area contributed by atoms with Crippen molar-refractivity contribution in [2.75, 3.05) is 19.8 Å². The summed E-state index contributed by atoms with van der Waals surface area (Å²) in [4.78, 5) is 13.3. The molecule has 1 N–H and O–H groups in total. The third kappa shape index (κ3) is 3.63. The molecule has 116 valence electrons. The van der Waals surface area contributed by atoms with Crippen molar-refractivity contribution in [1.29, 1.82) is 0 Å². The summed E-state index contributed by atoms with van der Waals surface area (Å²) < 4.78 is 5.47. The third-order valence-corrected chi connectivity index (χ3v) is 4.34. The number of aryl methyl sites for hydroxylation is 3. The summed E-state index contributed by atoms with van der Waals surface area (Å²) in [7, 11) is 0. The van der Waals surface area contributed by atoms with Crippen molar-refractivity contribution in [1.82, 2.24) is 4.90 Å². The van der Waals surface area contributed by atoms with Gasteiger partial charge >= 0.3 is 5.97 Å². The van der Waals surface area contributed by atoms with Crippen LogP contribution in [0.2, 0.25) is 0 Å². The molecule has 1 saturated heterocycles. The molecule has 0 radical (unpaired) electrons. The Balaban J connectivity index is 2.28. The number of rotatable bonds is 4. The summed E-state index contributed by atoms with van der Waals surface area (Å²) in [5, 5.41) is 9.10. The summed E-state index contributed by atoms with van der Waals surface area (Å²) in [5.74, 6) is -0.764. The van der Waals surface area contributed by atoms with Gasteiger partial charge in [-0.15, -0.1) is 0 Å². The molecule has 1 aliphatic rings. The van der Waals surface area contributed by atoms with Crippen molar-refractivity contribution in [2.45, 2.75) is 46.2 Å². The van der Waals surface area contributed by atoms with Gasteiger partial charge in [-0.25, -0.2) is 0 Å². The zero-order valence-corrected chi connectivity index (χ0v) is 13.3. The maximum Gasteiger partial charge on any atom is 0.305 e. The van der Waals surface area contributed by atoms with Gasteiger partial charge in [0.2, 0.25) is 0 Å². The van der Waals surface area contributed by atoms with Crippen LogP contribution in [0.1, 0.15) is 41.6 Å². The van der Waals surface area contributed by atoms with Gasteiger partial charge in [0.15, 0.2) is 0 Å². The van der Waals surface area contributed by atoms with E-state index < -0.39 is 5.97 Å². The number of nitrogens with zero attached hydrogens (tertiary/aromatic N) is 1. The van der Waals surface area contributed by atoms with Gasteiger partial charge in [-0.2, -0.15) is 0 Å². The van der Waals surface area contributed by atoms with Gasteiger partial charge in [-0.1, -0.05) is 17.7 Å². The normalized spacial score (nSPS) is 21.2. The van der Waals surface area contributed by atoms with Crippen molar-refractivity contribution in [3.05, 3.63) is 34.4 Å². The van der Waals surface area contributed by atoms with E-state index in [0.717, 1.165) is 6.54 Å². The minimum Gasteiger partial charge on any atom is -0.481 e. The largest absolute Gasteiger partial charge is 0.481 e. The first-order valence-electron chi connectivity index (χ1n) is 7.53. The van der Waals surface area contributed by atoms with Crippen molar-refractivity contribution in [2.24, 2.45) is 0 Å². The molecule has 2 rings (SSSR count). The Hall–Kier alpha value is -1.39.